The molecule has 1 N–H and O–H groups in total. The minimum atomic E-state index is -1.15. The maximum Gasteiger partial charge on any atom is 0.408 e. The van der Waals surface area contributed by atoms with Crippen LogP contribution in [0.5, 0.6) is 11.5 Å². The van der Waals surface area contributed by atoms with E-state index in [4.69, 9.17) is 14.2 Å². The molecule has 3 aromatic carbocycles. The van der Waals surface area contributed by atoms with Gasteiger partial charge in [0.25, 0.3) is 0 Å². The second kappa shape index (κ2) is 9.50. The topological polar surface area (TPSA) is 73.9 Å². The van der Waals surface area contributed by atoms with Crippen molar-refractivity contribution in [3.63, 3.8) is 0 Å². The van der Waals surface area contributed by atoms with Gasteiger partial charge in [-0.25, -0.2) is 4.79 Å². The molecule has 1 aliphatic heterocycles. The lowest BCUT2D eigenvalue weighted by molar-refractivity contribution is 0.00799. The van der Waals surface area contributed by atoms with Crippen molar-refractivity contribution in [2.45, 2.75) is 37.5 Å². The Morgan fingerprint density at radius 3 is 2.79 bits per heavy atom. The molecule has 0 saturated heterocycles. The monoisotopic (exact) mass is 521 g/mol. The predicted molar refractivity (Wildman–Crippen MR) is 130 cm³/mol. The maximum absolute atomic E-state index is 13.5. The number of nitrogens with one attached hydrogen (secondary N) is 1. The summed E-state index contributed by atoms with van der Waals surface area (Å²) >= 11 is 3.40. The van der Waals surface area contributed by atoms with Gasteiger partial charge < -0.3 is 19.5 Å². The van der Waals surface area contributed by atoms with Crippen LogP contribution in [0.15, 0.2) is 71.2 Å². The molecular formula is C27H24BrNO5. The maximum atomic E-state index is 13.5. The standard InChI is InChI=1S/C27H24BrNO5/c1-32-19-9-4-8-17(14-19)25-26(24(30)21-15-18(28)12-13-23(21)33-25)34-27(31)29-22-11-5-7-16-6-2-3-10-20(16)22/h2-4,6,8-10,12-15,22,25-26H,5,7,11H2,1H3,(H,29,31)/t22-,25-,26-/m0/s1. The predicted octanol–water partition coefficient (Wildman–Crippen LogP) is 5.95. The van der Waals surface area contributed by atoms with Gasteiger partial charge in [0.05, 0.1) is 18.7 Å². The molecule has 0 spiro atoms. The Kier molecular flexibility index (Phi) is 6.28. The molecule has 0 unspecified atom stereocenters. The summed E-state index contributed by atoms with van der Waals surface area (Å²) < 4.78 is 18.1. The molecule has 3 aromatic rings. The molecule has 2 aliphatic rings. The third-order valence-electron chi connectivity index (χ3n) is 6.31. The molecule has 1 aliphatic carbocycles. The van der Waals surface area contributed by atoms with Crippen LogP contribution in [0.3, 0.4) is 0 Å². The lowest BCUT2D eigenvalue weighted by atomic mass is 9.88. The zero-order valence-corrected chi connectivity index (χ0v) is 20.2. The van der Waals surface area contributed by atoms with E-state index in [1.54, 1.807) is 25.3 Å². The highest BCUT2D eigenvalue weighted by molar-refractivity contribution is 9.10. The average molecular weight is 522 g/mol. The highest BCUT2D eigenvalue weighted by Crippen LogP contribution is 2.39. The summed E-state index contributed by atoms with van der Waals surface area (Å²) in [6.07, 6.45) is 0.183. The van der Waals surface area contributed by atoms with Crippen molar-refractivity contribution in [1.29, 1.82) is 0 Å². The first kappa shape index (κ1) is 22.5. The van der Waals surface area contributed by atoms with Crippen LogP contribution in [0.1, 0.15) is 52.0 Å². The number of carbonyl (C=O) groups excluding carboxylic acids is 2. The van der Waals surface area contributed by atoms with Crippen molar-refractivity contribution >= 4 is 27.8 Å². The molecule has 3 atom stereocenters. The van der Waals surface area contributed by atoms with Gasteiger partial charge in [-0.2, -0.15) is 0 Å². The van der Waals surface area contributed by atoms with E-state index in [1.165, 1.54) is 5.56 Å². The Morgan fingerprint density at radius 2 is 1.94 bits per heavy atom. The number of aryl methyl sites for hydroxylation is 1. The molecule has 1 heterocycles. The molecule has 7 heteroatoms. The SMILES string of the molecule is COc1cccc([C@@H]2Oc3ccc(Br)cc3C(=O)[C@@H]2OC(=O)N[C@H]2CCCc3ccccc32)c1. The Bertz CT molecular complexity index is 1240. The number of methoxy groups -OCH3 is 1. The van der Waals surface area contributed by atoms with Crippen LogP contribution >= 0.6 is 15.9 Å². The number of benzene rings is 3. The third-order valence-corrected chi connectivity index (χ3v) is 6.81. The Labute approximate surface area is 206 Å². The molecule has 0 saturated carbocycles. The van der Waals surface area contributed by atoms with Crippen molar-refractivity contribution in [3.8, 4) is 11.5 Å². The molecule has 0 fully saturated rings. The largest absolute Gasteiger partial charge is 0.497 e. The van der Waals surface area contributed by atoms with Gasteiger partial charge in [-0.1, -0.05) is 52.3 Å². The first-order valence-corrected chi connectivity index (χ1v) is 12.0. The van der Waals surface area contributed by atoms with E-state index in [0.29, 0.717) is 22.6 Å². The van der Waals surface area contributed by atoms with Crippen molar-refractivity contribution in [1.82, 2.24) is 5.32 Å². The van der Waals surface area contributed by atoms with Gasteiger partial charge in [-0.05, 0) is 60.7 Å². The molecule has 0 bridgehead atoms. The number of hydrogen-bond acceptors (Lipinski definition) is 5. The summed E-state index contributed by atoms with van der Waals surface area (Å²) in [5, 5.41) is 2.97. The van der Waals surface area contributed by atoms with Crippen molar-refractivity contribution in [2.75, 3.05) is 7.11 Å². The average Bonchev–Trinajstić information content (AvgIpc) is 2.86. The molecule has 5 rings (SSSR count). The first-order valence-electron chi connectivity index (χ1n) is 11.2. The van der Waals surface area contributed by atoms with Crippen LogP contribution in [0.25, 0.3) is 0 Å². The summed E-state index contributed by atoms with van der Waals surface area (Å²) in [7, 11) is 1.57. The number of alkyl carbamates (subject to hydrolysis) is 1. The Morgan fingerprint density at radius 1 is 1.09 bits per heavy atom. The normalized spacial score (nSPS) is 21.0. The number of Topliss-reactive ketones (excluding diaryl/α,β-unsaturated/α-hetero) is 1. The number of fused-ring (bicyclic) bond motifs is 2. The summed E-state index contributed by atoms with van der Waals surface area (Å²) in [4.78, 5) is 26.5. The summed E-state index contributed by atoms with van der Waals surface area (Å²) in [5.41, 5.74) is 3.37. The fourth-order valence-corrected chi connectivity index (χ4v) is 5.02. The van der Waals surface area contributed by atoms with Gasteiger partial charge in [0.1, 0.15) is 11.5 Å². The highest BCUT2D eigenvalue weighted by Gasteiger charge is 2.42. The van der Waals surface area contributed by atoms with E-state index in [-0.39, 0.29) is 11.8 Å². The number of ether oxygens (including phenoxy) is 3. The lowest BCUT2D eigenvalue weighted by Crippen LogP contribution is -2.43. The minimum absolute atomic E-state index is 0.159. The van der Waals surface area contributed by atoms with Gasteiger partial charge in [0.15, 0.2) is 6.10 Å². The zero-order chi connectivity index (χ0) is 23.7. The fraction of sp³-hybridized carbons (Fsp3) is 0.259. The van der Waals surface area contributed by atoms with Crippen LogP contribution in [0.4, 0.5) is 4.79 Å². The molecule has 0 radical (unpaired) electrons. The van der Waals surface area contributed by atoms with Crippen LogP contribution in [0, 0.1) is 0 Å². The second-order valence-electron chi connectivity index (χ2n) is 8.43. The minimum Gasteiger partial charge on any atom is -0.497 e. The van der Waals surface area contributed by atoms with E-state index in [9.17, 15) is 9.59 Å². The summed E-state index contributed by atoms with van der Waals surface area (Å²) in [6, 6.07) is 20.4. The van der Waals surface area contributed by atoms with E-state index in [0.717, 1.165) is 29.3 Å². The summed E-state index contributed by atoms with van der Waals surface area (Å²) in [6.45, 7) is 0. The lowest BCUT2D eigenvalue weighted by Gasteiger charge is -2.33. The van der Waals surface area contributed by atoms with E-state index in [2.05, 4.69) is 27.3 Å². The number of carbonyl (C=O) groups is 2. The Hall–Kier alpha value is -3.32. The number of amides is 1. The van der Waals surface area contributed by atoms with Gasteiger partial charge in [0, 0.05) is 10.0 Å². The van der Waals surface area contributed by atoms with Crippen LogP contribution in [-0.2, 0) is 11.2 Å². The fourth-order valence-electron chi connectivity index (χ4n) is 4.66. The smallest absolute Gasteiger partial charge is 0.408 e. The molecule has 0 aromatic heterocycles. The van der Waals surface area contributed by atoms with Crippen LogP contribution < -0.4 is 14.8 Å². The van der Waals surface area contributed by atoms with E-state index in [1.807, 2.05) is 42.5 Å². The summed E-state index contributed by atoms with van der Waals surface area (Å²) in [5.74, 6) is 0.759. The van der Waals surface area contributed by atoms with Crippen LogP contribution in [0.2, 0.25) is 0 Å². The number of rotatable bonds is 4. The van der Waals surface area contributed by atoms with Crippen molar-refractivity contribution < 1.29 is 23.8 Å². The van der Waals surface area contributed by atoms with Crippen LogP contribution in [-0.4, -0.2) is 25.1 Å². The second-order valence-corrected chi connectivity index (χ2v) is 9.35. The van der Waals surface area contributed by atoms with Gasteiger partial charge >= 0.3 is 6.09 Å². The third kappa shape index (κ3) is 4.40. The first-order chi connectivity index (χ1) is 16.5. The van der Waals surface area contributed by atoms with Crippen molar-refractivity contribution in [2.24, 2.45) is 0 Å². The van der Waals surface area contributed by atoms with Gasteiger partial charge in [-0.3, -0.25) is 4.79 Å². The number of hydrogen-bond donors (Lipinski definition) is 1. The van der Waals surface area contributed by atoms with E-state index < -0.39 is 18.3 Å². The van der Waals surface area contributed by atoms with E-state index >= 15 is 0 Å². The van der Waals surface area contributed by atoms with Gasteiger partial charge in [-0.15, -0.1) is 0 Å². The molecule has 1 amide bonds. The zero-order valence-electron chi connectivity index (χ0n) is 18.6. The Balaban J connectivity index is 1.43. The molecule has 34 heavy (non-hydrogen) atoms. The van der Waals surface area contributed by atoms with Gasteiger partial charge in [0.2, 0.25) is 11.9 Å². The van der Waals surface area contributed by atoms with Crippen molar-refractivity contribution in [3.05, 3.63) is 93.5 Å². The number of halogens is 1. The molecule has 174 valence electrons. The molecule has 6 nitrogen and oxygen atoms in total. The quantitative estimate of drug-likeness (QED) is 0.459. The highest BCUT2D eigenvalue weighted by atomic mass is 79.9. The molecular weight excluding hydrogens is 498 g/mol. The number of ketones is 1.